The molecule has 1 aromatic carbocycles. The van der Waals surface area contributed by atoms with E-state index in [1.807, 2.05) is 29.8 Å². The highest BCUT2D eigenvalue weighted by Gasteiger charge is 2.28. The zero-order chi connectivity index (χ0) is 23.8. The van der Waals surface area contributed by atoms with Gasteiger partial charge >= 0.3 is 0 Å². The second kappa shape index (κ2) is 12.1. The van der Waals surface area contributed by atoms with E-state index in [2.05, 4.69) is 35.2 Å². The van der Waals surface area contributed by atoms with E-state index in [0.717, 1.165) is 17.0 Å². The van der Waals surface area contributed by atoms with Gasteiger partial charge < -0.3 is 19.5 Å². The Morgan fingerprint density at radius 2 is 2.15 bits per heavy atom. The molecule has 1 aromatic heterocycles. The van der Waals surface area contributed by atoms with Crippen LogP contribution in [0.2, 0.25) is 0 Å². The largest absolute Gasteiger partial charge is 0.496 e. The highest BCUT2D eigenvalue weighted by molar-refractivity contribution is 5.76. The fourth-order valence-corrected chi connectivity index (χ4v) is 4.24. The summed E-state index contributed by atoms with van der Waals surface area (Å²) in [5.74, 6) is 0.971. The van der Waals surface area contributed by atoms with Gasteiger partial charge in [0.05, 0.1) is 44.4 Å². The van der Waals surface area contributed by atoms with E-state index in [1.54, 1.807) is 18.2 Å². The molecule has 0 saturated carbocycles. The lowest BCUT2D eigenvalue weighted by Crippen LogP contribution is -2.47. The summed E-state index contributed by atoms with van der Waals surface area (Å²) >= 11 is 0. The molecule has 182 valence electrons. The quantitative estimate of drug-likeness (QED) is 0.676. The molecule has 3 rings (SSSR count). The first-order valence-electron chi connectivity index (χ1n) is 11.6. The van der Waals surface area contributed by atoms with Gasteiger partial charge in [-0.05, 0) is 26.5 Å². The first kappa shape index (κ1) is 25.1. The Bertz CT molecular complexity index is 889. The Labute approximate surface area is 196 Å². The average Bonchev–Trinajstić information content (AvgIpc) is 3.26. The highest BCUT2D eigenvalue weighted by atomic mass is 16.5. The second-order valence-electron chi connectivity index (χ2n) is 8.97. The standard InChI is InChI=1S/C24H37N5O4/c1-18-13-28(19(2)16-30)24(31)10-7-11-29-21(12-25-26-29)17-33-23(18)15-27(3)14-20-8-5-6-9-22(20)32-4/h5-6,8-9,12,18-19,23,30H,7,10-11,13-17H2,1-4H3/t18-,19-,23+/m0/s1. The van der Waals surface area contributed by atoms with Gasteiger partial charge in [-0.2, -0.15) is 0 Å². The van der Waals surface area contributed by atoms with Crippen molar-refractivity contribution in [2.75, 3.05) is 33.9 Å². The van der Waals surface area contributed by atoms with Gasteiger partial charge in [0.2, 0.25) is 5.91 Å². The maximum absolute atomic E-state index is 13.0. The number of aryl methyl sites for hydroxylation is 1. The molecule has 2 heterocycles. The number of carbonyl (C=O) groups excluding carboxylic acids is 1. The molecule has 1 aliphatic rings. The van der Waals surface area contributed by atoms with Crippen LogP contribution in [0.3, 0.4) is 0 Å². The molecular weight excluding hydrogens is 422 g/mol. The third-order valence-corrected chi connectivity index (χ3v) is 6.26. The molecule has 33 heavy (non-hydrogen) atoms. The van der Waals surface area contributed by atoms with Crippen LogP contribution in [0.25, 0.3) is 0 Å². The first-order chi connectivity index (χ1) is 15.9. The number of hydrogen-bond acceptors (Lipinski definition) is 7. The molecule has 9 heteroatoms. The Morgan fingerprint density at radius 3 is 2.91 bits per heavy atom. The van der Waals surface area contributed by atoms with Crippen LogP contribution in [0.1, 0.15) is 37.9 Å². The number of aromatic nitrogens is 3. The summed E-state index contributed by atoms with van der Waals surface area (Å²) in [4.78, 5) is 17.0. The Morgan fingerprint density at radius 1 is 1.36 bits per heavy atom. The van der Waals surface area contributed by atoms with Gasteiger partial charge in [-0.3, -0.25) is 9.69 Å². The van der Waals surface area contributed by atoms with Gasteiger partial charge in [0, 0.05) is 44.1 Å². The number of fused-ring (bicyclic) bond motifs is 1. The van der Waals surface area contributed by atoms with E-state index in [1.165, 1.54) is 0 Å². The molecule has 0 aliphatic carbocycles. The molecule has 0 saturated heterocycles. The number of ether oxygens (including phenoxy) is 2. The molecule has 3 atom stereocenters. The minimum Gasteiger partial charge on any atom is -0.496 e. The highest BCUT2D eigenvalue weighted by Crippen LogP contribution is 2.21. The predicted octanol–water partition coefficient (Wildman–Crippen LogP) is 1.94. The molecular formula is C24H37N5O4. The zero-order valence-electron chi connectivity index (χ0n) is 20.2. The van der Waals surface area contributed by atoms with Crippen LogP contribution < -0.4 is 4.74 Å². The number of carbonyl (C=O) groups is 1. The lowest BCUT2D eigenvalue weighted by Gasteiger charge is -2.35. The van der Waals surface area contributed by atoms with E-state index in [9.17, 15) is 9.90 Å². The summed E-state index contributed by atoms with van der Waals surface area (Å²) in [6.45, 7) is 6.87. The minimum atomic E-state index is -0.239. The number of amides is 1. The van der Waals surface area contributed by atoms with Crippen molar-refractivity contribution in [3.8, 4) is 5.75 Å². The van der Waals surface area contributed by atoms with Crippen molar-refractivity contribution in [1.82, 2.24) is 24.8 Å². The van der Waals surface area contributed by atoms with E-state index in [-0.39, 0.29) is 30.6 Å². The maximum Gasteiger partial charge on any atom is 0.222 e. The van der Waals surface area contributed by atoms with E-state index in [0.29, 0.717) is 45.6 Å². The summed E-state index contributed by atoms with van der Waals surface area (Å²) in [5.41, 5.74) is 2.02. The summed E-state index contributed by atoms with van der Waals surface area (Å²) < 4.78 is 13.7. The van der Waals surface area contributed by atoms with E-state index in [4.69, 9.17) is 9.47 Å². The Balaban J connectivity index is 1.78. The van der Waals surface area contributed by atoms with Crippen LogP contribution in [0.15, 0.2) is 30.5 Å². The molecule has 0 bridgehead atoms. The Hall–Kier alpha value is -2.49. The van der Waals surface area contributed by atoms with Crippen molar-refractivity contribution in [2.24, 2.45) is 5.92 Å². The van der Waals surface area contributed by atoms with Crippen molar-refractivity contribution in [1.29, 1.82) is 0 Å². The molecule has 0 radical (unpaired) electrons. The summed E-state index contributed by atoms with van der Waals surface area (Å²) in [6, 6.07) is 7.76. The number of aliphatic hydroxyl groups excluding tert-OH is 1. The number of methoxy groups -OCH3 is 1. The average molecular weight is 460 g/mol. The van der Waals surface area contributed by atoms with Crippen LogP contribution in [0, 0.1) is 5.92 Å². The molecule has 9 nitrogen and oxygen atoms in total. The lowest BCUT2D eigenvalue weighted by molar-refractivity contribution is -0.136. The van der Waals surface area contributed by atoms with Gasteiger partial charge in [0.1, 0.15) is 5.75 Å². The second-order valence-corrected chi connectivity index (χ2v) is 8.97. The Kier molecular flexibility index (Phi) is 9.22. The van der Waals surface area contributed by atoms with Crippen molar-refractivity contribution in [3.63, 3.8) is 0 Å². The van der Waals surface area contributed by atoms with Crippen LogP contribution in [-0.2, 0) is 29.2 Å². The van der Waals surface area contributed by atoms with Crippen molar-refractivity contribution in [3.05, 3.63) is 41.7 Å². The maximum atomic E-state index is 13.0. The van der Waals surface area contributed by atoms with E-state index >= 15 is 0 Å². The number of benzene rings is 1. The third-order valence-electron chi connectivity index (χ3n) is 6.26. The molecule has 0 fully saturated rings. The number of hydrogen-bond donors (Lipinski definition) is 1. The van der Waals surface area contributed by atoms with Gasteiger partial charge in [-0.25, -0.2) is 4.68 Å². The van der Waals surface area contributed by atoms with E-state index < -0.39 is 0 Å². The monoisotopic (exact) mass is 459 g/mol. The van der Waals surface area contributed by atoms with Gasteiger partial charge in [0.15, 0.2) is 0 Å². The zero-order valence-corrected chi connectivity index (χ0v) is 20.2. The molecule has 1 amide bonds. The number of para-hydroxylation sites is 1. The summed E-state index contributed by atoms with van der Waals surface area (Å²) in [5, 5.41) is 17.9. The fraction of sp³-hybridized carbons (Fsp3) is 0.625. The number of likely N-dealkylation sites (N-methyl/N-ethyl adjacent to an activating group) is 1. The fourth-order valence-electron chi connectivity index (χ4n) is 4.24. The number of rotatable bonds is 7. The molecule has 1 N–H and O–H groups in total. The molecule has 1 aliphatic heterocycles. The van der Waals surface area contributed by atoms with Crippen molar-refractivity contribution >= 4 is 5.91 Å². The molecule has 0 spiro atoms. The molecule has 0 unspecified atom stereocenters. The van der Waals surface area contributed by atoms with Crippen LogP contribution in [0.5, 0.6) is 5.75 Å². The lowest BCUT2D eigenvalue weighted by atomic mass is 10.0. The normalized spacial score (nSPS) is 21.3. The molecule has 2 aromatic rings. The van der Waals surface area contributed by atoms with Gasteiger partial charge in [0.25, 0.3) is 0 Å². The third kappa shape index (κ3) is 6.75. The SMILES string of the molecule is COc1ccccc1CN(C)C[C@H]1OCc2cnnn2CCCC(=O)N([C@@H](C)CO)C[C@@H]1C. The van der Waals surface area contributed by atoms with Crippen molar-refractivity contribution < 1.29 is 19.4 Å². The topological polar surface area (TPSA) is 93.0 Å². The minimum absolute atomic E-state index is 0.0479. The van der Waals surface area contributed by atoms with Crippen LogP contribution in [0.4, 0.5) is 0 Å². The number of nitrogens with zero attached hydrogens (tertiary/aromatic N) is 5. The summed E-state index contributed by atoms with van der Waals surface area (Å²) in [6.07, 6.45) is 2.68. The smallest absolute Gasteiger partial charge is 0.222 e. The van der Waals surface area contributed by atoms with Crippen LogP contribution in [-0.4, -0.2) is 81.8 Å². The predicted molar refractivity (Wildman–Crippen MR) is 125 cm³/mol. The first-order valence-corrected chi connectivity index (χ1v) is 11.6. The van der Waals surface area contributed by atoms with Crippen LogP contribution >= 0.6 is 0 Å². The summed E-state index contributed by atoms with van der Waals surface area (Å²) in [7, 11) is 3.74. The number of aliphatic hydroxyl groups is 1. The van der Waals surface area contributed by atoms with Gasteiger partial charge in [-0.15, -0.1) is 5.10 Å². The van der Waals surface area contributed by atoms with Crippen molar-refractivity contribution in [2.45, 2.75) is 58.5 Å². The van der Waals surface area contributed by atoms with Gasteiger partial charge in [-0.1, -0.05) is 30.3 Å².